The van der Waals surface area contributed by atoms with Crippen LogP contribution in [-0.2, 0) is 7.05 Å². The number of hydrogen-bond donors (Lipinski definition) is 4. The second-order valence-corrected chi connectivity index (χ2v) is 4.86. The molecule has 5 N–H and O–H groups in total. The van der Waals surface area contributed by atoms with Crippen LogP contribution < -0.4 is 22.3 Å². The van der Waals surface area contributed by atoms with Gasteiger partial charge in [0.1, 0.15) is 11.5 Å². The zero-order chi connectivity index (χ0) is 13.3. The summed E-state index contributed by atoms with van der Waals surface area (Å²) in [6.45, 7) is 0.262. The summed E-state index contributed by atoms with van der Waals surface area (Å²) < 4.78 is 1.16. The Morgan fingerprint density at radius 2 is 2.06 bits per heavy atom. The number of aliphatic hydroxyl groups is 1. The lowest BCUT2D eigenvalue weighted by atomic mass is 10.0. The Morgan fingerprint density at radius 3 is 2.67 bits per heavy atom. The first-order valence-corrected chi connectivity index (χ1v) is 5.98. The number of H-pyrrole nitrogens is 1. The van der Waals surface area contributed by atoms with Crippen molar-refractivity contribution in [2.24, 2.45) is 7.05 Å². The number of anilines is 2. The van der Waals surface area contributed by atoms with Gasteiger partial charge in [0.15, 0.2) is 0 Å². The van der Waals surface area contributed by atoms with E-state index in [0.29, 0.717) is 12.8 Å². The molecule has 0 spiro atoms. The molecule has 1 saturated carbocycles. The van der Waals surface area contributed by atoms with E-state index in [1.165, 1.54) is 7.05 Å². The highest BCUT2D eigenvalue weighted by Crippen LogP contribution is 2.29. The van der Waals surface area contributed by atoms with E-state index < -0.39 is 16.9 Å². The standard InChI is InChI=1S/C11H18N4O3/c1-15-8(12)7(9(16)14-10(15)17)13-6-11(18)4-2-3-5-11/h13,18H,2-6,12H2,1H3,(H,14,16,17). The highest BCUT2D eigenvalue weighted by atomic mass is 16.3. The molecule has 1 fully saturated rings. The normalized spacial score (nSPS) is 17.9. The van der Waals surface area contributed by atoms with Gasteiger partial charge in [0.25, 0.3) is 5.56 Å². The van der Waals surface area contributed by atoms with Gasteiger partial charge in [-0.15, -0.1) is 0 Å². The maximum Gasteiger partial charge on any atom is 0.329 e. The smallest absolute Gasteiger partial charge is 0.329 e. The highest BCUT2D eigenvalue weighted by Gasteiger charge is 2.31. The number of nitrogens with zero attached hydrogens (tertiary/aromatic N) is 1. The Balaban J connectivity index is 2.22. The number of nitrogens with one attached hydrogen (secondary N) is 2. The van der Waals surface area contributed by atoms with Crippen LogP contribution >= 0.6 is 0 Å². The molecule has 1 aromatic heterocycles. The third-order valence-corrected chi connectivity index (χ3v) is 3.50. The Hall–Kier alpha value is -1.76. The van der Waals surface area contributed by atoms with Crippen LogP contribution in [0.3, 0.4) is 0 Å². The van der Waals surface area contributed by atoms with Crippen LogP contribution in [0, 0.1) is 0 Å². The predicted molar refractivity (Wildman–Crippen MR) is 68.6 cm³/mol. The van der Waals surface area contributed by atoms with Gasteiger partial charge >= 0.3 is 5.69 Å². The fraction of sp³-hybridized carbons (Fsp3) is 0.636. The summed E-state index contributed by atoms with van der Waals surface area (Å²) >= 11 is 0. The van der Waals surface area contributed by atoms with Crippen molar-refractivity contribution >= 4 is 11.5 Å². The first-order chi connectivity index (χ1) is 8.43. The van der Waals surface area contributed by atoms with E-state index in [1.54, 1.807) is 0 Å². The van der Waals surface area contributed by atoms with Gasteiger partial charge < -0.3 is 16.2 Å². The third kappa shape index (κ3) is 2.26. The van der Waals surface area contributed by atoms with E-state index in [2.05, 4.69) is 10.3 Å². The van der Waals surface area contributed by atoms with Gasteiger partial charge in [-0.2, -0.15) is 0 Å². The first kappa shape index (κ1) is 12.7. The van der Waals surface area contributed by atoms with Gasteiger partial charge in [-0.05, 0) is 12.8 Å². The van der Waals surface area contributed by atoms with Crippen LogP contribution in [0.15, 0.2) is 9.59 Å². The summed E-state index contributed by atoms with van der Waals surface area (Å²) in [5.41, 5.74) is 3.95. The average molecular weight is 254 g/mol. The van der Waals surface area contributed by atoms with Crippen LogP contribution in [0.1, 0.15) is 25.7 Å². The van der Waals surface area contributed by atoms with Crippen molar-refractivity contribution in [2.45, 2.75) is 31.3 Å². The number of aromatic amines is 1. The quantitative estimate of drug-likeness (QED) is 0.573. The summed E-state index contributed by atoms with van der Waals surface area (Å²) in [4.78, 5) is 25.1. The van der Waals surface area contributed by atoms with Crippen molar-refractivity contribution in [1.82, 2.24) is 9.55 Å². The second kappa shape index (κ2) is 4.49. The lowest BCUT2D eigenvalue weighted by molar-refractivity contribution is 0.0614. The van der Waals surface area contributed by atoms with Gasteiger partial charge in [-0.3, -0.25) is 14.3 Å². The van der Waals surface area contributed by atoms with E-state index in [9.17, 15) is 14.7 Å². The Kier molecular flexibility index (Phi) is 3.16. The molecule has 7 nitrogen and oxygen atoms in total. The lowest BCUT2D eigenvalue weighted by Gasteiger charge is -2.23. The maximum atomic E-state index is 11.6. The molecule has 2 rings (SSSR count). The fourth-order valence-corrected chi connectivity index (χ4v) is 2.27. The highest BCUT2D eigenvalue weighted by molar-refractivity contribution is 5.60. The molecule has 1 aromatic rings. The van der Waals surface area contributed by atoms with Gasteiger partial charge in [0.2, 0.25) is 0 Å². The number of nitrogen functional groups attached to an aromatic ring is 1. The average Bonchev–Trinajstić information content (AvgIpc) is 2.73. The molecule has 0 aromatic carbocycles. The molecule has 0 radical (unpaired) electrons. The summed E-state index contributed by atoms with van der Waals surface area (Å²) in [7, 11) is 1.48. The largest absolute Gasteiger partial charge is 0.388 e. The van der Waals surface area contributed by atoms with E-state index in [4.69, 9.17) is 5.73 Å². The minimum atomic E-state index is -0.784. The predicted octanol–water partition coefficient (Wildman–Crippen LogP) is -0.627. The monoisotopic (exact) mass is 254 g/mol. The molecule has 0 aliphatic heterocycles. The molecule has 0 saturated heterocycles. The zero-order valence-electron chi connectivity index (χ0n) is 10.3. The van der Waals surface area contributed by atoms with E-state index in [-0.39, 0.29) is 18.1 Å². The topological polar surface area (TPSA) is 113 Å². The SMILES string of the molecule is Cn1c(N)c(NCC2(O)CCCC2)c(=O)[nH]c1=O. The molecule has 1 aliphatic carbocycles. The molecule has 18 heavy (non-hydrogen) atoms. The molecule has 7 heteroatoms. The van der Waals surface area contributed by atoms with Crippen molar-refractivity contribution in [3.8, 4) is 0 Å². The summed E-state index contributed by atoms with van der Waals surface area (Å²) in [6, 6.07) is 0. The van der Waals surface area contributed by atoms with Crippen LogP contribution in [0.25, 0.3) is 0 Å². The van der Waals surface area contributed by atoms with Crippen LogP contribution in [-0.4, -0.2) is 26.8 Å². The minimum Gasteiger partial charge on any atom is -0.388 e. The molecule has 100 valence electrons. The Labute approximate surface area is 104 Å². The van der Waals surface area contributed by atoms with E-state index in [1.807, 2.05) is 0 Å². The van der Waals surface area contributed by atoms with Gasteiger partial charge in [0, 0.05) is 13.6 Å². The maximum absolute atomic E-state index is 11.6. The first-order valence-electron chi connectivity index (χ1n) is 5.98. The molecule has 1 heterocycles. The van der Waals surface area contributed by atoms with Crippen molar-refractivity contribution in [2.75, 3.05) is 17.6 Å². The summed E-state index contributed by atoms with van der Waals surface area (Å²) in [5.74, 6) is 0.0744. The van der Waals surface area contributed by atoms with Crippen molar-refractivity contribution in [1.29, 1.82) is 0 Å². The number of nitrogens with two attached hydrogens (primary N) is 1. The molecule has 0 atom stereocenters. The zero-order valence-corrected chi connectivity index (χ0v) is 10.3. The minimum absolute atomic E-state index is 0.0744. The molecule has 0 bridgehead atoms. The molecular weight excluding hydrogens is 236 g/mol. The van der Waals surface area contributed by atoms with Gasteiger partial charge in [-0.1, -0.05) is 12.8 Å². The number of rotatable bonds is 3. The van der Waals surface area contributed by atoms with Crippen LogP contribution in [0.5, 0.6) is 0 Å². The third-order valence-electron chi connectivity index (χ3n) is 3.50. The van der Waals surface area contributed by atoms with Crippen LogP contribution in [0.2, 0.25) is 0 Å². The molecule has 0 amide bonds. The van der Waals surface area contributed by atoms with Gasteiger partial charge in [-0.25, -0.2) is 4.79 Å². The second-order valence-electron chi connectivity index (χ2n) is 4.86. The fourth-order valence-electron chi connectivity index (χ4n) is 2.27. The Morgan fingerprint density at radius 1 is 1.44 bits per heavy atom. The van der Waals surface area contributed by atoms with Crippen molar-refractivity contribution in [3.63, 3.8) is 0 Å². The number of hydrogen-bond acceptors (Lipinski definition) is 5. The van der Waals surface area contributed by atoms with Crippen molar-refractivity contribution in [3.05, 3.63) is 20.8 Å². The van der Waals surface area contributed by atoms with Crippen LogP contribution in [0.4, 0.5) is 11.5 Å². The number of aromatic nitrogens is 2. The summed E-state index contributed by atoms with van der Waals surface area (Å²) in [5, 5.41) is 13.0. The van der Waals surface area contributed by atoms with E-state index in [0.717, 1.165) is 17.4 Å². The van der Waals surface area contributed by atoms with Gasteiger partial charge in [0.05, 0.1) is 5.60 Å². The lowest BCUT2D eigenvalue weighted by Crippen LogP contribution is -2.38. The van der Waals surface area contributed by atoms with Crippen molar-refractivity contribution < 1.29 is 5.11 Å². The summed E-state index contributed by atoms with van der Waals surface area (Å²) in [6.07, 6.45) is 3.39. The molecule has 0 unspecified atom stereocenters. The Bertz CT molecular complexity index is 554. The molecular formula is C11H18N4O3. The van der Waals surface area contributed by atoms with E-state index >= 15 is 0 Å². The molecule has 1 aliphatic rings.